The Labute approximate surface area is 111 Å². The van der Waals surface area contributed by atoms with Gasteiger partial charge >= 0.3 is 0 Å². The first-order valence-corrected chi connectivity index (χ1v) is 7.11. The largest absolute Gasteiger partial charge is 0.452 e. The van der Waals surface area contributed by atoms with Gasteiger partial charge in [-0.25, -0.2) is 0 Å². The van der Waals surface area contributed by atoms with Gasteiger partial charge in [-0.1, -0.05) is 12.8 Å². The maximum atomic E-state index is 5.80. The van der Waals surface area contributed by atoms with Crippen molar-refractivity contribution in [2.24, 2.45) is 17.6 Å². The fourth-order valence-corrected chi connectivity index (χ4v) is 2.89. The summed E-state index contributed by atoms with van der Waals surface area (Å²) in [6.07, 6.45) is 5.15. The molecule has 1 saturated carbocycles. The predicted octanol–water partition coefficient (Wildman–Crippen LogP) is 3.32. The molecular formula is C13H20BrNO2. The van der Waals surface area contributed by atoms with E-state index in [0.29, 0.717) is 18.4 Å². The fourth-order valence-electron chi connectivity index (χ4n) is 2.55. The smallest absolute Gasteiger partial charge is 0.169 e. The molecule has 1 heterocycles. The quantitative estimate of drug-likeness (QED) is 0.907. The number of hydrogen-bond acceptors (Lipinski definition) is 3. The molecule has 0 aromatic carbocycles. The Morgan fingerprint density at radius 2 is 2.06 bits per heavy atom. The van der Waals surface area contributed by atoms with Crippen molar-refractivity contribution in [3.05, 3.63) is 22.6 Å². The SMILES string of the molecule is NCC1CCCCC1COCc1ccc(Br)o1. The Morgan fingerprint density at radius 3 is 2.71 bits per heavy atom. The van der Waals surface area contributed by atoms with Crippen LogP contribution in [0.4, 0.5) is 0 Å². The van der Waals surface area contributed by atoms with Crippen molar-refractivity contribution in [3.8, 4) is 0 Å². The third kappa shape index (κ3) is 3.83. The second-order valence-corrected chi connectivity index (χ2v) is 5.54. The van der Waals surface area contributed by atoms with E-state index >= 15 is 0 Å². The molecule has 3 nitrogen and oxygen atoms in total. The van der Waals surface area contributed by atoms with Crippen LogP contribution in [0.5, 0.6) is 0 Å². The highest BCUT2D eigenvalue weighted by molar-refractivity contribution is 9.10. The van der Waals surface area contributed by atoms with Gasteiger partial charge in [0.2, 0.25) is 0 Å². The zero-order valence-corrected chi connectivity index (χ0v) is 11.6. The van der Waals surface area contributed by atoms with Crippen LogP contribution in [0.3, 0.4) is 0 Å². The van der Waals surface area contributed by atoms with E-state index in [4.69, 9.17) is 14.9 Å². The summed E-state index contributed by atoms with van der Waals surface area (Å²) in [5, 5.41) is 0. The van der Waals surface area contributed by atoms with Gasteiger partial charge in [-0.3, -0.25) is 0 Å². The molecule has 1 aromatic rings. The summed E-state index contributed by atoms with van der Waals surface area (Å²) in [5.41, 5.74) is 5.80. The molecule has 2 unspecified atom stereocenters. The van der Waals surface area contributed by atoms with E-state index in [1.54, 1.807) is 0 Å². The van der Waals surface area contributed by atoms with Crippen molar-refractivity contribution in [3.63, 3.8) is 0 Å². The summed E-state index contributed by atoms with van der Waals surface area (Å²) in [7, 11) is 0. The van der Waals surface area contributed by atoms with Gasteiger partial charge in [-0.2, -0.15) is 0 Å². The number of rotatable bonds is 5. The van der Waals surface area contributed by atoms with Crippen LogP contribution in [0.2, 0.25) is 0 Å². The van der Waals surface area contributed by atoms with Gasteiger partial charge in [0.1, 0.15) is 12.4 Å². The van der Waals surface area contributed by atoms with Crippen molar-refractivity contribution in [1.29, 1.82) is 0 Å². The summed E-state index contributed by atoms with van der Waals surface area (Å²) in [5.74, 6) is 2.15. The molecule has 0 amide bonds. The molecule has 2 atom stereocenters. The van der Waals surface area contributed by atoms with Crippen LogP contribution < -0.4 is 5.73 Å². The first-order valence-electron chi connectivity index (χ1n) is 6.31. The van der Waals surface area contributed by atoms with Crippen LogP contribution in [0.1, 0.15) is 31.4 Å². The van der Waals surface area contributed by atoms with E-state index in [2.05, 4.69) is 15.9 Å². The van der Waals surface area contributed by atoms with Crippen molar-refractivity contribution in [1.82, 2.24) is 0 Å². The standard InChI is InChI=1S/C13H20BrNO2/c14-13-6-5-12(17-13)9-16-8-11-4-2-1-3-10(11)7-15/h5-6,10-11H,1-4,7-9,15H2. The topological polar surface area (TPSA) is 48.4 Å². The molecule has 2 N–H and O–H groups in total. The summed E-state index contributed by atoms with van der Waals surface area (Å²) in [6.45, 7) is 2.15. The first-order chi connectivity index (χ1) is 8.29. The molecule has 96 valence electrons. The van der Waals surface area contributed by atoms with E-state index in [1.807, 2.05) is 12.1 Å². The number of furan rings is 1. The lowest BCUT2D eigenvalue weighted by Crippen LogP contribution is -2.29. The van der Waals surface area contributed by atoms with Crippen LogP contribution in [0.25, 0.3) is 0 Å². The van der Waals surface area contributed by atoms with Crippen molar-refractivity contribution < 1.29 is 9.15 Å². The second-order valence-electron chi connectivity index (χ2n) is 4.76. The van der Waals surface area contributed by atoms with Crippen LogP contribution in [-0.4, -0.2) is 13.2 Å². The highest BCUT2D eigenvalue weighted by atomic mass is 79.9. The molecule has 0 radical (unpaired) electrons. The van der Waals surface area contributed by atoms with Gasteiger partial charge in [-0.05, 0) is 59.3 Å². The third-order valence-electron chi connectivity index (χ3n) is 3.57. The Bertz CT molecular complexity index is 340. The minimum absolute atomic E-state index is 0.555. The molecule has 2 rings (SSSR count). The first kappa shape index (κ1) is 13.1. The number of hydrogen-bond donors (Lipinski definition) is 1. The third-order valence-corrected chi connectivity index (χ3v) is 4.00. The molecule has 4 heteroatoms. The Morgan fingerprint density at radius 1 is 1.29 bits per heavy atom. The highest BCUT2D eigenvalue weighted by Crippen LogP contribution is 2.29. The van der Waals surface area contributed by atoms with Crippen molar-refractivity contribution >= 4 is 15.9 Å². The monoisotopic (exact) mass is 301 g/mol. The van der Waals surface area contributed by atoms with Crippen LogP contribution in [0, 0.1) is 11.8 Å². The van der Waals surface area contributed by atoms with E-state index in [-0.39, 0.29) is 0 Å². The lowest BCUT2D eigenvalue weighted by atomic mass is 9.80. The molecule has 1 aromatic heterocycles. The zero-order chi connectivity index (χ0) is 12.1. The maximum Gasteiger partial charge on any atom is 0.169 e. The summed E-state index contributed by atoms with van der Waals surface area (Å²) in [4.78, 5) is 0. The van der Waals surface area contributed by atoms with Gasteiger partial charge in [0.05, 0.1) is 6.61 Å². The van der Waals surface area contributed by atoms with Gasteiger partial charge < -0.3 is 14.9 Å². The van der Waals surface area contributed by atoms with Crippen LogP contribution >= 0.6 is 15.9 Å². The number of nitrogens with two attached hydrogens (primary N) is 1. The van der Waals surface area contributed by atoms with Crippen molar-refractivity contribution in [2.45, 2.75) is 32.3 Å². The molecule has 1 fully saturated rings. The second kappa shape index (κ2) is 6.57. The average Bonchev–Trinajstić information content (AvgIpc) is 2.76. The molecular weight excluding hydrogens is 282 g/mol. The van der Waals surface area contributed by atoms with E-state index in [1.165, 1.54) is 25.7 Å². The fraction of sp³-hybridized carbons (Fsp3) is 0.692. The number of halogens is 1. The Kier molecular flexibility index (Phi) is 5.07. The molecule has 0 aliphatic heterocycles. The minimum atomic E-state index is 0.555. The van der Waals surface area contributed by atoms with Gasteiger partial charge in [-0.15, -0.1) is 0 Å². The van der Waals surface area contributed by atoms with Gasteiger partial charge in [0.25, 0.3) is 0 Å². The normalized spacial score (nSPS) is 25.1. The van der Waals surface area contributed by atoms with E-state index in [0.717, 1.165) is 23.6 Å². The zero-order valence-electron chi connectivity index (χ0n) is 10.0. The van der Waals surface area contributed by atoms with Crippen molar-refractivity contribution in [2.75, 3.05) is 13.2 Å². The van der Waals surface area contributed by atoms with Crippen LogP contribution in [-0.2, 0) is 11.3 Å². The van der Waals surface area contributed by atoms with E-state index < -0.39 is 0 Å². The average molecular weight is 302 g/mol. The number of ether oxygens (including phenoxy) is 1. The Hall–Kier alpha value is -0.320. The lowest BCUT2D eigenvalue weighted by molar-refractivity contribution is 0.0428. The summed E-state index contributed by atoms with van der Waals surface area (Å²) >= 11 is 3.28. The molecule has 0 bridgehead atoms. The van der Waals surface area contributed by atoms with E-state index in [9.17, 15) is 0 Å². The van der Waals surface area contributed by atoms with Gasteiger partial charge in [0.15, 0.2) is 4.67 Å². The Balaban J connectivity index is 1.73. The molecule has 17 heavy (non-hydrogen) atoms. The predicted molar refractivity (Wildman–Crippen MR) is 70.6 cm³/mol. The lowest BCUT2D eigenvalue weighted by Gasteiger charge is -2.30. The highest BCUT2D eigenvalue weighted by Gasteiger charge is 2.23. The molecule has 1 aliphatic rings. The molecule has 0 saturated heterocycles. The van der Waals surface area contributed by atoms with Crippen LogP contribution in [0.15, 0.2) is 21.2 Å². The van der Waals surface area contributed by atoms with Gasteiger partial charge in [0, 0.05) is 0 Å². The maximum absolute atomic E-state index is 5.80. The summed E-state index contributed by atoms with van der Waals surface area (Å²) < 4.78 is 11.9. The molecule has 1 aliphatic carbocycles. The minimum Gasteiger partial charge on any atom is -0.452 e. The molecule has 0 spiro atoms. The summed E-state index contributed by atoms with van der Waals surface area (Å²) in [6, 6.07) is 3.83.